The van der Waals surface area contributed by atoms with Crippen LogP contribution in [0.1, 0.15) is 6.42 Å². The summed E-state index contributed by atoms with van der Waals surface area (Å²) in [6.07, 6.45) is 1.85. The molecule has 0 bridgehead atoms. The lowest BCUT2D eigenvalue weighted by Gasteiger charge is -2.22. The van der Waals surface area contributed by atoms with Crippen molar-refractivity contribution in [3.8, 4) is 0 Å². The monoisotopic (exact) mass is 250 g/mol. The predicted molar refractivity (Wildman–Crippen MR) is 67.1 cm³/mol. The van der Waals surface area contributed by atoms with E-state index in [-0.39, 0.29) is 0 Å². The van der Waals surface area contributed by atoms with E-state index in [2.05, 4.69) is 9.71 Å². The molecule has 0 atom stereocenters. The highest BCUT2D eigenvalue weighted by Crippen LogP contribution is 1.90. The Kier molecular flexibility index (Phi) is 6.35. The van der Waals surface area contributed by atoms with Crippen LogP contribution in [0.25, 0.3) is 0 Å². The van der Waals surface area contributed by atoms with E-state index in [0.29, 0.717) is 19.5 Å². The zero-order valence-corrected chi connectivity index (χ0v) is 11.5. The smallest absolute Gasteiger partial charge is 0.208 e. The molecule has 0 saturated heterocycles. The van der Waals surface area contributed by atoms with Crippen LogP contribution in [0.5, 0.6) is 0 Å². The van der Waals surface area contributed by atoms with Crippen molar-refractivity contribution in [2.75, 3.05) is 47.5 Å². The fourth-order valence-corrected chi connectivity index (χ4v) is 1.71. The number of hydrogen-bond acceptors (Lipinski definition) is 3. The lowest BCUT2D eigenvalue weighted by atomic mass is 10.4. The van der Waals surface area contributed by atoms with Crippen LogP contribution in [-0.4, -0.2) is 71.7 Å². The van der Waals surface area contributed by atoms with Crippen LogP contribution in [0.2, 0.25) is 0 Å². The lowest BCUT2D eigenvalue weighted by Crippen LogP contribution is -2.35. The minimum absolute atomic E-state index is 0.427. The molecule has 0 aliphatic carbocycles. The molecule has 0 radical (unpaired) electrons. The van der Waals surface area contributed by atoms with Gasteiger partial charge < -0.3 is 9.80 Å². The summed E-state index contributed by atoms with van der Waals surface area (Å²) in [5, 5.41) is 0. The minimum atomic E-state index is -3.08. The molecule has 0 aromatic rings. The second-order valence-corrected chi connectivity index (χ2v) is 5.82. The summed E-state index contributed by atoms with van der Waals surface area (Å²) < 4.78 is 24.0. The number of rotatable bonds is 5. The molecule has 16 heavy (non-hydrogen) atoms. The molecule has 0 aromatic heterocycles. The van der Waals surface area contributed by atoms with Crippen LogP contribution in [-0.2, 0) is 10.0 Å². The quantitative estimate of drug-likeness (QED) is 0.402. The highest BCUT2D eigenvalue weighted by atomic mass is 32.2. The predicted octanol–water partition coefficient (Wildman–Crippen LogP) is -0.595. The van der Waals surface area contributed by atoms with E-state index in [0.717, 1.165) is 12.2 Å². The van der Waals surface area contributed by atoms with Gasteiger partial charge in [0.2, 0.25) is 10.0 Å². The zero-order valence-electron chi connectivity index (χ0n) is 10.7. The Balaban J connectivity index is 3.98. The van der Waals surface area contributed by atoms with Crippen molar-refractivity contribution in [1.29, 1.82) is 0 Å². The first-order valence-electron chi connectivity index (χ1n) is 5.08. The first-order valence-corrected chi connectivity index (χ1v) is 6.97. The van der Waals surface area contributed by atoms with Crippen molar-refractivity contribution in [2.45, 2.75) is 6.42 Å². The fourth-order valence-electron chi connectivity index (χ4n) is 1.20. The Morgan fingerprint density at radius 2 is 1.69 bits per heavy atom. The Morgan fingerprint density at radius 3 is 2.06 bits per heavy atom. The second-order valence-electron chi connectivity index (χ2n) is 3.99. The van der Waals surface area contributed by atoms with Gasteiger partial charge >= 0.3 is 0 Å². The molecule has 0 rings (SSSR count). The number of guanidine groups is 1. The van der Waals surface area contributed by atoms with Gasteiger partial charge in [-0.05, 0) is 6.42 Å². The van der Waals surface area contributed by atoms with Crippen molar-refractivity contribution >= 4 is 16.0 Å². The SMILES string of the molecule is CN(C)C(=NCCCNS(C)(=O)=O)N(C)C. The fraction of sp³-hybridized carbons (Fsp3) is 0.889. The van der Waals surface area contributed by atoms with Gasteiger partial charge in [-0.3, -0.25) is 4.99 Å². The van der Waals surface area contributed by atoms with Crippen molar-refractivity contribution < 1.29 is 8.42 Å². The van der Waals surface area contributed by atoms with Crippen LogP contribution in [0.15, 0.2) is 4.99 Å². The Bertz CT molecular complexity index is 312. The molecule has 0 fully saturated rings. The van der Waals surface area contributed by atoms with Crippen LogP contribution in [0.4, 0.5) is 0 Å². The largest absolute Gasteiger partial charge is 0.349 e. The van der Waals surface area contributed by atoms with E-state index in [9.17, 15) is 8.42 Å². The number of sulfonamides is 1. The van der Waals surface area contributed by atoms with Gasteiger partial charge in [0, 0.05) is 41.3 Å². The van der Waals surface area contributed by atoms with Gasteiger partial charge in [-0.15, -0.1) is 0 Å². The first kappa shape index (κ1) is 15.2. The summed E-state index contributed by atoms with van der Waals surface area (Å²) in [5.74, 6) is 0.874. The van der Waals surface area contributed by atoms with Gasteiger partial charge in [0.25, 0.3) is 0 Å². The van der Waals surface area contributed by atoms with E-state index in [1.54, 1.807) is 0 Å². The molecule has 0 aliphatic rings. The normalized spacial score (nSPS) is 11.1. The summed E-state index contributed by atoms with van der Waals surface area (Å²) in [7, 11) is 4.62. The van der Waals surface area contributed by atoms with E-state index in [1.807, 2.05) is 38.0 Å². The van der Waals surface area contributed by atoms with Crippen LogP contribution >= 0.6 is 0 Å². The summed E-state index contributed by atoms with van der Waals surface area (Å²) >= 11 is 0. The molecule has 0 amide bonds. The summed E-state index contributed by atoms with van der Waals surface area (Å²) in [5.41, 5.74) is 0. The van der Waals surface area contributed by atoms with Crippen molar-refractivity contribution in [2.24, 2.45) is 4.99 Å². The third-order valence-electron chi connectivity index (χ3n) is 1.75. The molecule has 96 valence electrons. The number of nitrogens with one attached hydrogen (secondary N) is 1. The lowest BCUT2D eigenvalue weighted by molar-refractivity contribution is 0.479. The van der Waals surface area contributed by atoms with Crippen molar-refractivity contribution in [3.05, 3.63) is 0 Å². The molecule has 0 spiro atoms. The summed E-state index contributed by atoms with van der Waals surface area (Å²) in [4.78, 5) is 8.22. The van der Waals surface area contributed by atoms with Gasteiger partial charge in [0.1, 0.15) is 0 Å². The molecule has 6 nitrogen and oxygen atoms in total. The Hall–Kier alpha value is -0.820. The number of hydrogen-bond donors (Lipinski definition) is 1. The molecule has 0 saturated carbocycles. The molecule has 0 aromatic carbocycles. The highest BCUT2D eigenvalue weighted by molar-refractivity contribution is 7.88. The molecule has 0 aliphatic heterocycles. The average Bonchev–Trinajstić information content (AvgIpc) is 2.07. The number of nitrogens with zero attached hydrogens (tertiary/aromatic N) is 3. The molecule has 0 unspecified atom stereocenters. The maximum atomic E-state index is 10.8. The molecule has 1 N–H and O–H groups in total. The van der Waals surface area contributed by atoms with Crippen LogP contribution in [0.3, 0.4) is 0 Å². The van der Waals surface area contributed by atoms with Gasteiger partial charge in [-0.2, -0.15) is 0 Å². The summed E-state index contributed by atoms with van der Waals surface area (Å²) in [6, 6.07) is 0. The molecular formula is C9H22N4O2S. The molecular weight excluding hydrogens is 228 g/mol. The van der Waals surface area contributed by atoms with E-state index in [4.69, 9.17) is 0 Å². The van der Waals surface area contributed by atoms with Crippen molar-refractivity contribution in [3.63, 3.8) is 0 Å². The maximum absolute atomic E-state index is 10.8. The first-order chi connectivity index (χ1) is 7.24. The summed E-state index contributed by atoms with van der Waals surface area (Å²) in [6.45, 7) is 1.03. The third-order valence-corrected chi connectivity index (χ3v) is 2.48. The van der Waals surface area contributed by atoms with Gasteiger partial charge in [0.05, 0.1) is 6.26 Å². The Morgan fingerprint density at radius 1 is 1.19 bits per heavy atom. The van der Waals surface area contributed by atoms with Gasteiger partial charge in [-0.1, -0.05) is 0 Å². The maximum Gasteiger partial charge on any atom is 0.208 e. The van der Waals surface area contributed by atoms with Gasteiger partial charge in [-0.25, -0.2) is 13.1 Å². The highest BCUT2D eigenvalue weighted by Gasteiger charge is 2.03. The topological polar surface area (TPSA) is 65.0 Å². The standard InChI is InChI=1S/C9H22N4O2S/c1-12(2)9(13(3)4)10-7-6-8-11-16(5,14)15/h11H,6-8H2,1-5H3. The van der Waals surface area contributed by atoms with Gasteiger partial charge in [0.15, 0.2) is 5.96 Å². The van der Waals surface area contributed by atoms with Crippen LogP contribution < -0.4 is 4.72 Å². The second kappa shape index (κ2) is 6.70. The zero-order chi connectivity index (χ0) is 12.8. The van der Waals surface area contributed by atoms with Crippen molar-refractivity contribution in [1.82, 2.24) is 14.5 Å². The van der Waals surface area contributed by atoms with E-state index in [1.165, 1.54) is 0 Å². The molecule has 7 heteroatoms. The third kappa shape index (κ3) is 7.47. The minimum Gasteiger partial charge on any atom is -0.349 e. The van der Waals surface area contributed by atoms with E-state index < -0.39 is 10.0 Å². The van der Waals surface area contributed by atoms with Crippen LogP contribution in [0, 0.1) is 0 Å². The molecule has 0 heterocycles. The average molecular weight is 250 g/mol. The number of aliphatic imine (C=N–C) groups is 1. The van der Waals surface area contributed by atoms with E-state index >= 15 is 0 Å². The Labute approximate surface area is 98.4 Å².